The summed E-state index contributed by atoms with van der Waals surface area (Å²) in [7, 11) is -2.29. The Bertz CT molecular complexity index is 505. The van der Waals surface area contributed by atoms with E-state index in [1.807, 2.05) is 0 Å². The van der Waals surface area contributed by atoms with Crippen LogP contribution in [-0.2, 0) is 9.84 Å². The van der Waals surface area contributed by atoms with Gasteiger partial charge in [0.05, 0.1) is 13.2 Å². The Hall–Kier alpha value is -1.25. The number of methoxy groups -OCH3 is 1. The van der Waals surface area contributed by atoms with Gasteiger partial charge in [-0.2, -0.15) is 5.26 Å². The lowest BCUT2D eigenvalue weighted by molar-refractivity contribution is 0.403. The van der Waals surface area contributed by atoms with Crippen molar-refractivity contribution in [1.29, 1.82) is 5.26 Å². The zero-order chi connectivity index (χ0) is 11.5. The third kappa shape index (κ3) is 2.61. The van der Waals surface area contributed by atoms with Gasteiger partial charge in [0.15, 0.2) is 9.84 Å². The Morgan fingerprint density at radius 3 is 2.73 bits per heavy atom. The minimum Gasteiger partial charge on any atom is -0.495 e. The average molecular weight is 246 g/mol. The van der Waals surface area contributed by atoms with E-state index in [0.717, 1.165) is 0 Å². The van der Waals surface area contributed by atoms with Gasteiger partial charge in [0.25, 0.3) is 0 Å². The van der Waals surface area contributed by atoms with E-state index in [2.05, 4.69) is 0 Å². The molecule has 0 amide bonds. The Morgan fingerprint density at radius 2 is 2.20 bits per heavy atom. The Kier molecular flexibility index (Phi) is 3.56. The summed E-state index contributed by atoms with van der Waals surface area (Å²) in [6, 6.07) is 5.83. The molecule has 0 aromatic heterocycles. The zero-order valence-electron chi connectivity index (χ0n) is 7.90. The quantitative estimate of drug-likeness (QED) is 0.812. The molecule has 4 nitrogen and oxygen atoms in total. The lowest BCUT2D eigenvalue weighted by Gasteiger charge is -2.07. The van der Waals surface area contributed by atoms with Crippen LogP contribution in [-0.4, -0.2) is 21.3 Å². The van der Waals surface area contributed by atoms with Crippen LogP contribution in [0.2, 0.25) is 5.02 Å². The smallest absolute Gasteiger partial charge is 0.195 e. The molecule has 1 rings (SSSR count). The predicted molar refractivity (Wildman–Crippen MR) is 55.7 cm³/mol. The fraction of sp³-hybridized carbons (Fsp3) is 0.222. The summed E-state index contributed by atoms with van der Waals surface area (Å²) in [5, 5.41) is 8.68. The molecule has 0 bridgehead atoms. The number of rotatable bonds is 3. The summed E-state index contributed by atoms with van der Waals surface area (Å²) >= 11 is 5.68. The molecule has 0 radical (unpaired) electrons. The van der Waals surface area contributed by atoms with Crippen LogP contribution in [0.15, 0.2) is 23.1 Å². The highest BCUT2D eigenvalue weighted by Gasteiger charge is 2.19. The van der Waals surface area contributed by atoms with E-state index in [-0.39, 0.29) is 15.7 Å². The molecule has 0 fully saturated rings. The van der Waals surface area contributed by atoms with Gasteiger partial charge >= 0.3 is 0 Å². The van der Waals surface area contributed by atoms with Crippen molar-refractivity contribution in [2.24, 2.45) is 0 Å². The molecule has 0 aliphatic carbocycles. The van der Waals surface area contributed by atoms with Crippen molar-refractivity contribution in [3.63, 3.8) is 0 Å². The van der Waals surface area contributed by atoms with E-state index in [1.54, 1.807) is 6.07 Å². The van der Waals surface area contributed by atoms with Gasteiger partial charge in [-0.15, -0.1) is 0 Å². The number of ether oxygens (including phenoxy) is 1. The molecule has 0 unspecified atom stereocenters. The lowest BCUT2D eigenvalue weighted by Crippen LogP contribution is -2.06. The summed E-state index contributed by atoms with van der Waals surface area (Å²) in [4.78, 5) is -0.0564. The first-order valence-corrected chi connectivity index (χ1v) is 5.97. The van der Waals surface area contributed by atoms with Crippen LogP contribution in [0.5, 0.6) is 5.75 Å². The minimum absolute atomic E-state index is 0.0564. The first kappa shape index (κ1) is 11.8. The molecule has 15 heavy (non-hydrogen) atoms. The van der Waals surface area contributed by atoms with E-state index in [1.165, 1.54) is 25.3 Å². The minimum atomic E-state index is -3.65. The summed E-state index contributed by atoms with van der Waals surface area (Å²) < 4.78 is 28.1. The van der Waals surface area contributed by atoms with Crippen LogP contribution in [0.4, 0.5) is 0 Å². The highest BCUT2D eigenvalue weighted by molar-refractivity contribution is 7.91. The van der Waals surface area contributed by atoms with Gasteiger partial charge in [0, 0.05) is 5.02 Å². The third-order valence-corrected chi connectivity index (χ3v) is 3.45. The number of sulfone groups is 1. The van der Waals surface area contributed by atoms with Gasteiger partial charge in [-0.25, -0.2) is 8.42 Å². The van der Waals surface area contributed by atoms with Crippen LogP contribution >= 0.6 is 11.6 Å². The third-order valence-electron chi connectivity index (χ3n) is 1.72. The molecule has 1 aromatic rings. The number of nitrogens with zero attached hydrogens (tertiary/aromatic N) is 1. The van der Waals surface area contributed by atoms with Crippen molar-refractivity contribution in [2.75, 3.05) is 12.9 Å². The second-order valence-electron chi connectivity index (χ2n) is 2.71. The monoisotopic (exact) mass is 245 g/mol. The van der Waals surface area contributed by atoms with Crippen molar-refractivity contribution >= 4 is 21.4 Å². The van der Waals surface area contributed by atoms with Gasteiger partial charge in [0.1, 0.15) is 16.4 Å². The summed E-state index contributed by atoms with van der Waals surface area (Å²) in [5.74, 6) is -0.404. The number of benzene rings is 1. The first-order valence-electron chi connectivity index (χ1n) is 3.94. The maximum atomic E-state index is 11.6. The van der Waals surface area contributed by atoms with Gasteiger partial charge in [-0.3, -0.25) is 0 Å². The van der Waals surface area contributed by atoms with E-state index >= 15 is 0 Å². The van der Waals surface area contributed by atoms with Crippen molar-refractivity contribution in [1.82, 2.24) is 0 Å². The molecule has 0 saturated carbocycles. The van der Waals surface area contributed by atoms with Crippen molar-refractivity contribution in [2.45, 2.75) is 4.90 Å². The van der Waals surface area contributed by atoms with Gasteiger partial charge in [-0.05, 0) is 18.2 Å². The summed E-state index contributed by atoms with van der Waals surface area (Å²) in [6.07, 6.45) is 0. The molecular weight excluding hydrogens is 238 g/mol. The molecule has 6 heteroatoms. The number of halogens is 1. The lowest BCUT2D eigenvalue weighted by atomic mass is 10.3. The predicted octanol–water partition coefficient (Wildman–Crippen LogP) is 1.65. The molecule has 0 spiro atoms. The van der Waals surface area contributed by atoms with Crippen LogP contribution in [0, 0.1) is 11.3 Å². The van der Waals surface area contributed by atoms with Crippen molar-refractivity contribution < 1.29 is 13.2 Å². The molecule has 0 aliphatic heterocycles. The maximum absolute atomic E-state index is 11.6. The standard InChI is InChI=1S/C9H8ClNO3S/c1-14-8-3-2-7(10)6-9(8)15(12,13)5-4-11/h2-3,6H,5H2,1H3. The largest absolute Gasteiger partial charge is 0.495 e. The molecule has 0 aliphatic rings. The Morgan fingerprint density at radius 1 is 1.53 bits per heavy atom. The number of hydrogen-bond donors (Lipinski definition) is 0. The number of hydrogen-bond acceptors (Lipinski definition) is 4. The van der Waals surface area contributed by atoms with Gasteiger partial charge in [0.2, 0.25) is 0 Å². The molecule has 0 atom stereocenters. The van der Waals surface area contributed by atoms with E-state index in [9.17, 15) is 8.42 Å². The topological polar surface area (TPSA) is 67.2 Å². The fourth-order valence-electron chi connectivity index (χ4n) is 1.06. The van der Waals surface area contributed by atoms with E-state index in [4.69, 9.17) is 21.6 Å². The van der Waals surface area contributed by atoms with Crippen molar-refractivity contribution in [3.8, 4) is 11.8 Å². The van der Waals surface area contributed by atoms with Gasteiger partial charge in [-0.1, -0.05) is 11.6 Å². The summed E-state index contributed by atoms with van der Waals surface area (Å²) in [5.41, 5.74) is 0. The second-order valence-corrected chi connectivity index (χ2v) is 5.11. The average Bonchev–Trinajstić information content (AvgIpc) is 2.17. The van der Waals surface area contributed by atoms with Gasteiger partial charge < -0.3 is 4.74 Å². The highest BCUT2D eigenvalue weighted by Crippen LogP contribution is 2.27. The first-order chi connectivity index (χ1) is 7.01. The van der Waals surface area contributed by atoms with E-state index in [0.29, 0.717) is 0 Å². The van der Waals surface area contributed by atoms with Crippen LogP contribution in [0.1, 0.15) is 0 Å². The molecule has 0 saturated heterocycles. The fourth-order valence-corrected chi connectivity index (χ4v) is 2.38. The van der Waals surface area contributed by atoms with Crippen LogP contribution in [0.3, 0.4) is 0 Å². The van der Waals surface area contributed by atoms with Crippen molar-refractivity contribution in [3.05, 3.63) is 23.2 Å². The molecule has 80 valence electrons. The highest BCUT2D eigenvalue weighted by atomic mass is 35.5. The maximum Gasteiger partial charge on any atom is 0.195 e. The van der Waals surface area contributed by atoms with E-state index < -0.39 is 15.6 Å². The Labute approximate surface area is 93.0 Å². The molecule has 0 N–H and O–H groups in total. The molecule has 0 heterocycles. The van der Waals surface area contributed by atoms with Crippen LogP contribution in [0.25, 0.3) is 0 Å². The molecule has 1 aromatic carbocycles. The second kappa shape index (κ2) is 4.51. The SMILES string of the molecule is COc1ccc(Cl)cc1S(=O)(=O)CC#N. The Balaban J connectivity index is 3.36. The zero-order valence-corrected chi connectivity index (χ0v) is 9.47. The summed E-state index contributed by atoms with van der Waals surface area (Å²) in [6.45, 7) is 0. The molecular formula is C9H8ClNO3S. The normalized spacial score (nSPS) is 10.7. The number of nitriles is 1. The van der Waals surface area contributed by atoms with Crippen LogP contribution < -0.4 is 4.74 Å².